The number of rotatable bonds is 5. The predicted molar refractivity (Wildman–Crippen MR) is 67.0 cm³/mol. The van der Waals surface area contributed by atoms with Crippen molar-refractivity contribution in [2.75, 3.05) is 13.1 Å². The first-order valence-electron chi connectivity index (χ1n) is 6.26. The van der Waals surface area contributed by atoms with Crippen LogP contribution < -0.4 is 0 Å². The maximum atomic E-state index is 12.0. The van der Waals surface area contributed by atoms with Crippen molar-refractivity contribution in [3.05, 3.63) is 24.2 Å². The van der Waals surface area contributed by atoms with Gasteiger partial charge in [0.25, 0.3) is 0 Å². The van der Waals surface area contributed by atoms with Gasteiger partial charge in [-0.1, -0.05) is 0 Å². The smallest absolute Gasteiger partial charge is 0.389 e. The summed E-state index contributed by atoms with van der Waals surface area (Å²) >= 11 is 0. The SMILES string of the molecule is O=C(CCC(F)(F)F)N1CC(S(=O)(=O)Cc2ccco2)C1. The molecule has 0 atom stereocenters. The molecular formula is C12H14F3NO4S. The fourth-order valence-electron chi connectivity index (χ4n) is 1.99. The van der Waals surface area contributed by atoms with Crippen LogP contribution in [0.3, 0.4) is 0 Å². The molecule has 0 unspecified atom stereocenters. The van der Waals surface area contributed by atoms with Crippen molar-refractivity contribution in [2.45, 2.75) is 30.0 Å². The largest absolute Gasteiger partial charge is 0.468 e. The number of sulfone groups is 1. The summed E-state index contributed by atoms with van der Waals surface area (Å²) in [5, 5.41) is -0.738. The molecule has 1 aromatic rings. The van der Waals surface area contributed by atoms with E-state index in [0.717, 1.165) is 4.90 Å². The Morgan fingerprint density at radius 3 is 2.57 bits per heavy atom. The van der Waals surface area contributed by atoms with Crippen LogP contribution in [0, 0.1) is 0 Å². The molecule has 1 fully saturated rings. The molecule has 1 aliphatic heterocycles. The van der Waals surface area contributed by atoms with Crippen molar-refractivity contribution >= 4 is 15.7 Å². The number of hydrogen-bond acceptors (Lipinski definition) is 4. The van der Waals surface area contributed by atoms with Crippen LogP contribution in [0.25, 0.3) is 0 Å². The first-order valence-corrected chi connectivity index (χ1v) is 7.97. The Hall–Kier alpha value is -1.51. The zero-order chi connectivity index (χ0) is 15.7. The summed E-state index contributed by atoms with van der Waals surface area (Å²) in [6.07, 6.45) is -4.86. The summed E-state index contributed by atoms with van der Waals surface area (Å²) in [7, 11) is -3.47. The van der Waals surface area contributed by atoms with Gasteiger partial charge in [-0.25, -0.2) is 8.42 Å². The minimum atomic E-state index is -4.38. The quantitative estimate of drug-likeness (QED) is 0.827. The molecule has 0 N–H and O–H groups in total. The van der Waals surface area contributed by atoms with Crippen molar-refractivity contribution in [3.8, 4) is 0 Å². The van der Waals surface area contributed by atoms with Crippen molar-refractivity contribution < 1.29 is 30.8 Å². The van der Waals surface area contributed by atoms with Crippen LogP contribution in [-0.2, 0) is 20.4 Å². The number of likely N-dealkylation sites (tertiary alicyclic amines) is 1. The maximum absolute atomic E-state index is 12.0. The number of furan rings is 1. The molecule has 2 rings (SSSR count). The minimum Gasteiger partial charge on any atom is -0.468 e. The summed E-state index contributed by atoms with van der Waals surface area (Å²) in [6, 6.07) is 3.10. The molecule has 1 aromatic heterocycles. The van der Waals surface area contributed by atoms with E-state index in [9.17, 15) is 26.4 Å². The number of carbonyl (C=O) groups is 1. The van der Waals surface area contributed by atoms with E-state index in [1.165, 1.54) is 12.3 Å². The summed E-state index contributed by atoms with van der Waals surface area (Å²) in [4.78, 5) is 12.6. The van der Waals surface area contributed by atoms with Gasteiger partial charge in [-0.05, 0) is 12.1 Å². The van der Waals surface area contributed by atoms with Gasteiger partial charge in [0, 0.05) is 19.5 Å². The Bertz CT molecular complexity index is 589. The molecule has 0 aliphatic carbocycles. The molecule has 5 nitrogen and oxygen atoms in total. The third-order valence-electron chi connectivity index (χ3n) is 3.25. The predicted octanol–water partition coefficient (Wildman–Crippen LogP) is 1.75. The highest BCUT2D eigenvalue weighted by molar-refractivity contribution is 7.91. The molecule has 0 saturated carbocycles. The number of amides is 1. The van der Waals surface area contributed by atoms with Crippen LogP contribution in [-0.4, -0.2) is 43.7 Å². The lowest BCUT2D eigenvalue weighted by Crippen LogP contribution is -2.57. The Kier molecular flexibility index (Phi) is 4.31. The van der Waals surface area contributed by atoms with E-state index in [1.54, 1.807) is 6.07 Å². The highest BCUT2D eigenvalue weighted by Gasteiger charge is 2.40. The van der Waals surface area contributed by atoms with Crippen LogP contribution in [0.15, 0.2) is 22.8 Å². The molecule has 1 aliphatic rings. The van der Waals surface area contributed by atoms with Gasteiger partial charge >= 0.3 is 6.18 Å². The van der Waals surface area contributed by atoms with Gasteiger partial charge < -0.3 is 9.32 Å². The van der Waals surface area contributed by atoms with E-state index >= 15 is 0 Å². The summed E-state index contributed by atoms with van der Waals surface area (Å²) in [5.41, 5.74) is 0. The molecule has 118 valence electrons. The highest BCUT2D eigenvalue weighted by atomic mass is 32.2. The van der Waals surface area contributed by atoms with Gasteiger partial charge in [-0.2, -0.15) is 13.2 Å². The van der Waals surface area contributed by atoms with Gasteiger partial charge in [-0.15, -0.1) is 0 Å². The molecular weight excluding hydrogens is 311 g/mol. The van der Waals surface area contributed by atoms with Crippen molar-refractivity contribution in [1.82, 2.24) is 4.90 Å². The molecule has 21 heavy (non-hydrogen) atoms. The standard InChI is InChI=1S/C12H14F3NO4S/c13-12(14,15)4-3-11(17)16-6-10(7-16)21(18,19)8-9-2-1-5-20-9/h1-2,5,10H,3-4,6-8H2. The van der Waals surface area contributed by atoms with Crippen LogP contribution in [0.1, 0.15) is 18.6 Å². The Morgan fingerprint density at radius 1 is 1.38 bits per heavy atom. The second kappa shape index (κ2) is 5.70. The van der Waals surface area contributed by atoms with Crippen molar-refractivity contribution in [2.24, 2.45) is 0 Å². The Labute approximate surface area is 119 Å². The van der Waals surface area contributed by atoms with E-state index in [4.69, 9.17) is 4.42 Å². The van der Waals surface area contributed by atoms with Gasteiger partial charge in [0.05, 0.1) is 17.9 Å². The Balaban J connectivity index is 1.81. The molecule has 0 radical (unpaired) electrons. The number of nitrogens with zero attached hydrogens (tertiary/aromatic N) is 1. The third-order valence-corrected chi connectivity index (χ3v) is 5.26. The number of alkyl halides is 3. The van der Waals surface area contributed by atoms with Gasteiger partial charge in [-0.3, -0.25) is 4.79 Å². The van der Waals surface area contributed by atoms with Crippen molar-refractivity contribution in [1.29, 1.82) is 0 Å². The molecule has 0 bridgehead atoms. The molecule has 1 amide bonds. The average Bonchev–Trinajstić information content (AvgIpc) is 2.74. The van der Waals surface area contributed by atoms with Gasteiger partial charge in [0.15, 0.2) is 9.84 Å². The first kappa shape index (κ1) is 15.9. The van der Waals surface area contributed by atoms with Crippen molar-refractivity contribution in [3.63, 3.8) is 0 Å². The number of carbonyl (C=O) groups excluding carboxylic acids is 1. The second-order valence-electron chi connectivity index (χ2n) is 4.92. The maximum Gasteiger partial charge on any atom is 0.389 e. The Morgan fingerprint density at radius 2 is 2.05 bits per heavy atom. The normalized spacial score (nSPS) is 16.8. The lowest BCUT2D eigenvalue weighted by atomic mass is 10.1. The van der Waals surface area contributed by atoms with Crippen LogP contribution in [0.2, 0.25) is 0 Å². The summed E-state index contributed by atoms with van der Waals surface area (Å²) < 4.78 is 64.9. The summed E-state index contributed by atoms with van der Waals surface area (Å²) in [5.74, 6) is -0.636. The van der Waals surface area contributed by atoms with E-state index in [0.29, 0.717) is 5.76 Å². The summed E-state index contributed by atoms with van der Waals surface area (Å²) in [6.45, 7) is -0.112. The molecule has 9 heteroatoms. The zero-order valence-electron chi connectivity index (χ0n) is 11.0. The fraction of sp³-hybridized carbons (Fsp3) is 0.583. The van der Waals surface area contributed by atoms with Crippen LogP contribution >= 0.6 is 0 Å². The van der Waals surface area contributed by atoms with Crippen LogP contribution in [0.4, 0.5) is 13.2 Å². The van der Waals surface area contributed by atoms with E-state index < -0.39 is 40.0 Å². The molecule has 0 spiro atoms. The van der Waals surface area contributed by atoms with E-state index in [-0.39, 0.29) is 18.8 Å². The van der Waals surface area contributed by atoms with E-state index in [1.807, 2.05) is 0 Å². The second-order valence-corrected chi connectivity index (χ2v) is 7.20. The van der Waals surface area contributed by atoms with Gasteiger partial charge in [0.1, 0.15) is 11.5 Å². The average molecular weight is 325 g/mol. The number of hydrogen-bond donors (Lipinski definition) is 0. The first-order chi connectivity index (χ1) is 9.67. The highest BCUT2D eigenvalue weighted by Crippen LogP contribution is 2.25. The molecule has 1 saturated heterocycles. The molecule has 0 aromatic carbocycles. The topological polar surface area (TPSA) is 67.6 Å². The van der Waals surface area contributed by atoms with Crippen LogP contribution in [0.5, 0.6) is 0 Å². The fourth-order valence-corrected chi connectivity index (χ4v) is 3.60. The molecule has 2 heterocycles. The third kappa shape index (κ3) is 4.23. The lowest BCUT2D eigenvalue weighted by molar-refractivity contribution is -0.150. The monoisotopic (exact) mass is 325 g/mol. The zero-order valence-corrected chi connectivity index (χ0v) is 11.8. The lowest BCUT2D eigenvalue weighted by Gasteiger charge is -2.38. The van der Waals surface area contributed by atoms with Gasteiger partial charge in [0.2, 0.25) is 5.91 Å². The number of halogens is 3. The minimum absolute atomic E-state index is 0.0558. The van der Waals surface area contributed by atoms with E-state index in [2.05, 4.69) is 0 Å².